The van der Waals surface area contributed by atoms with Gasteiger partial charge in [0, 0.05) is 25.6 Å². The van der Waals surface area contributed by atoms with E-state index in [-0.39, 0.29) is 11.8 Å². The molecule has 0 unspecified atom stereocenters. The lowest BCUT2D eigenvalue weighted by molar-refractivity contribution is -0.141. The standard InChI is InChI=1S/C14H24F2N2O/c1-14(15,16)12-5-8-18(9-6-12)13(19)11-4-3-7-17(2)10-11/h11-12H,3-10H2,1-2H3/t11-/m0/s1. The maximum atomic E-state index is 13.2. The third-order valence-corrected chi connectivity index (χ3v) is 4.50. The van der Waals surface area contributed by atoms with Crippen molar-refractivity contribution >= 4 is 5.91 Å². The second kappa shape index (κ2) is 5.73. The lowest BCUT2D eigenvalue weighted by Crippen LogP contribution is -2.48. The van der Waals surface area contributed by atoms with Crippen LogP contribution in [0.15, 0.2) is 0 Å². The van der Waals surface area contributed by atoms with Crippen LogP contribution >= 0.6 is 0 Å². The Labute approximate surface area is 113 Å². The number of nitrogens with zero attached hydrogens (tertiary/aromatic N) is 2. The van der Waals surface area contributed by atoms with Crippen LogP contribution in [0.5, 0.6) is 0 Å². The summed E-state index contributed by atoms with van der Waals surface area (Å²) < 4.78 is 26.5. The van der Waals surface area contributed by atoms with E-state index in [0.29, 0.717) is 25.9 Å². The van der Waals surface area contributed by atoms with Crippen molar-refractivity contribution < 1.29 is 13.6 Å². The Balaban J connectivity index is 1.85. The summed E-state index contributed by atoms with van der Waals surface area (Å²) in [5.41, 5.74) is 0. The Bertz CT molecular complexity index is 322. The Hall–Kier alpha value is -0.710. The molecule has 5 heteroatoms. The molecule has 0 spiro atoms. The zero-order chi connectivity index (χ0) is 14.0. The van der Waals surface area contributed by atoms with Crippen LogP contribution in [0.1, 0.15) is 32.6 Å². The molecule has 0 aromatic heterocycles. The van der Waals surface area contributed by atoms with Gasteiger partial charge in [-0.2, -0.15) is 0 Å². The molecule has 1 amide bonds. The van der Waals surface area contributed by atoms with Gasteiger partial charge in [-0.25, -0.2) is 8.78 Å². The molecule has 0 bridgehead atoms. The number of hydrogen-bond donors (Lipinski definition) is 0. The number of piperidine rings is 2. The van der Waals surface area contributed by atoms with Crippen molar-refractivity contribution in [1.82, 2.24) is 9.80 Å². The van der Waals surface area contributed by atoms with Gasteiger partial charge in [0.15, 0.2) is 0 Å². The minimum atomic E-state index is -2.61. The van der Waals surface area contributed by atoms with Crippen molar-refractivity contribution in [2.45, 2.75) is 38.5 Å². The minimum absolute atomic E-state index is 0.0671. The fraction of sp³-hybridized carbons (Fsp3) is 0.929. The Morgan fingerprint density at radius 3 is 2.32 bits per heavy atom. The van der Waals surface area contributed by atoms with Crippen LogP contribution in [0.3, 0.4) is 0 Å². The molecule has 0 aromatic rings. The third kappa shape index (κ3) is 3.65. The molecular weight excluding hydrogens is 250 g/mol. The topological polar surface area (TPSA) is 23.6 Å². The number of carbonyl (C=O) groups is 1. The molecule has 1 atom stereocenters. The molecule has 110 valence electrons. The van der Waals surface area contributed by atoms with Crippen LogP contribution in [0.4, 0.5) is 8.78 Å². The quantitative estimate of drug-likeness (QED) is 0.771. The van der Waals surface area contributed by atoms with Gasteiger partial charge in [-0.05, 0) is 46.2 Å². The summed E-state index contributed by atoms with van der Waals surface area (Å²) in [7, 11) is 2.03. The Kier molecular flexibility index (Phi) is 4.43. The molecule has 0 N–H and O–H groups in total. The normalized spacial score (nSPS) is 27.6. The number of hydrogen-bond acceptors (Lipinski definition) is 2. The fourth-order valence-electron chi connectivity index (χ4n) is 3.23. The SMILES string of the molecule is CN1CCC[C@H](C(=O)N2CCC(C(C)(F)F)CC2)C1. The molecule has 0 aliphatic carbocycles. The lowest BCUT2D eigenvalue weighted by atomic mass is 9.89. The number of rotatable bonds is 2. The van der Waals surface area contributed by atoms with Gasteiger partial charge in [0.05, 0.1) is 5.92 Å². The molecule has 0 saturated carbocycles. The molecule has 3 nitrogen and oxygen atoms in total. The van der Waals surface area contributed by atoms with E-state index < -0.39 is 11.8 Å². The van der Waals surface area contributed by atoms with Gasteiger partial charge < -0.3 is 9.80 Å². The molecule has 2 saturated heterocycles. The first-order valence-corrected chi connectivity index (χ1v) is 7.23. The van der Waals surface area contributed by atoms with E-state index in [1.807, 2.05) is 7.05 Å². The molecule has 19 heavy (non-hydrogen) atoms. The predicted molar refractivity (Wildman–Crippen MR) is 70.1 cm³/mol. The molecular formula is C14H24F2N2O. The number of alkyl halides is 2. The molecule has 2 rings (SSSR count). The number of carbonyl (C=O) groups excluding carboxylic acids is 1. The van der Waals surface area contributed by atoms with Crippen molar-refractivity contribution in [2.24, 2.45) is 11.8 Å². The van der Waals surface area contributed by atoms with Crippen molar-refractivity contribution in [3.05, 3.63) is 0 Å². The molecule has 2 fully saturated rings. The van der Waals surface area contributed by atoms with Gasteiger partial charge >= 0.3 is 0 Å². The van der Waals surface area contributed by atoms with Crippen molar-refractivity contribution in [3.8, 4) is 0 Å². The minimum Gasteiger partial charge on any atom is -0.342 e. The van der Waals surface area contributed by atoms with E-state index >= 15 is 0 Å². The van der Waals surface area contributed by atoms with E-state index in [0.717, 1.165) is 32.9 Å². The highest BCUT2D eigenvalue weighted by Gasteiger charge is 2.38. The molecule has 2 aliphatic heterocycles. The Morgan fingerprint density at radius 1 is 1.16 bits per heavy atom. The van der Waals surface area contributed by atoms with Gasteiger partial charge in [0.2, 0.25) is 11.8 Å². The summed E-state index contributed by atoms with van der Waals surface area (Å²) in [6.45, 7) is 3.84. The third-order valence-electron chi connectivity index (χ3n) is 4.50. The second-order valence-electron chi connectivity index (χ2n) is 6.16. The Morgan fingerprint density at radius 2 is 1.79 bits per heavy atom. The highest BCUT2D eigenvalue weighted by molar-refractivity contribution is 5.79. The smallest absolute Gasteiger partial charge is 0.248 e. The van der Waals surface area contributed by atoms with Gasteiger partial charge in [0.1, 0.15) is 0 Å². The average molecular weight is 274 g/mol. The van der Waals surface area contributed by atoms with E-state index in [4.69, 9.17) is 0 Å². The average Bonchev–Trinajstić information content (AvgIpc) is 2.37. The molecule has 0 radical (unpaired) electrons. The van der Waals surface area contributed by atoms with Crippen LogP contribution in [-0.2, 0) is 4.79 Å². The maximum Gasteiger partial charge on any atom is 0.248 e. The highest BCUT2D eigenvalue weighted by atomic mass is 19.3. The van der Waals surface area contributed by atoms with Crippen molar-refractivity contribution in [2.75, 3.05) is 33.2 Å². The van der Waals surface area contributed by atoms with Crippen LogP contribution < -0.4 is 0 Å². The van der Waals surface area contributed by atoms with Crippen LogP contribution in [0.2, 0.25) is 0 Å². The van der Waals surface area contributed by atoms with Gasteiger partial charge in [-0.1, -0.05) is 0 Å². The zero-order valence-corrected chi connectivity index (χ0v) is 11.9. The summed E-state index contributed by atoms with van der Waals surface area (Å²) in [5.74, 6) is -2.94. The number of likely N-dealkylation sites (tertiary alicyclic amines) is 2. The van der Waals surface area contributed by atoms with Crippen molar-refractivity contribution in [3.63, 3.8) is 0 Å². The van der Waals surface area contributed by atoms with E-state index in [9.17, 15) is 13.6 Å². The summed E-state index contributed by atoms with van der Waals surface area (Å²) in [6, 6.07) is 0. The summed E-state index contributed by atoms with van der Waals surface area (Å²) in [5, 5.41) is 0. The fourth-order valence-corrected chi connectivity index (χ4v) is 3.23. The first kappa shape index (κ1) is 14.7. The number of halogens is 2. The predicted octanol–water partition coefficient (Wildman–Crippen LogP) is 2.22. The summed E-state index contributed by atoms with van der Waals surface area (Å²) in [6.07, 6.45) is 2.85. The lowest BCUT2D eigenvalue weighted by Gasteiger charge is -2.38. The van der Waals surface area contributed by atoms with Crippen LogP contribution in [0, 0.1) is 11.8 Å². The summed E-state index contributed by atoms with van der Waals surface area (Å²) >= 11 is 0. The number of amides is 1. The second-order valence-corrected chi connectivity index (χ2v) is 6.16. The van der Waals surface area contributed by atoms with Gasteiger partial charge in [-0.3, -0.25) is 4.79 Å². The largest absolute Gasteiger partial charge is 0.342 e. The summed E-state index contributed by atoms with van der Waals surface area (Å²) in [4.78, 5) is 16.3. The monoisotopic (exact) mass is 274 g/mol. The highest BCUT2D eigenvalue weighted by Crippen LogP contribution is 2.33. The van der Waals surface area contributed by atoms with Crippen LogP contribution in [0.25, 0.3) is 0 Å². The van der Waals surface area contributed by atoms with E-state index in [1.54, 1.807) is 4.90 Å². The van der Waals surface area contributed by atoms with E-state index in [1.165, 1.54) is 0 Å². The maximum absolute atomic E-state index is 13.2. The first-order valence-electron chi connectivity index (χ1n) is 7.23. The molecule has 2 heterocycles. The van der Waals surface area contributed by atoms with Crippen molar-refractivity contribution in [1.29, 1.82) is 0 Å². The van der Waals surface area contributed by atoms with Gasteiger partial charge in [-0.15, -0.1) is 0 Å². The zero-order valence-electron chi connectivity index (χ0n) is 11.9. The first-order chi connectivity index (χ1) is 8.88. The van der Waals surface area contributed by atoms with Crippen LogP contribution in [-0.4, -0.2) is 54.9 Å². The van der Waals surface area contributed by atoms with E-state index in [2.05, 4.69) is 4.90 Å². The van der Waals surface area contributed by atoms with Gasteiger partial charge in [0.25, 0.3) is 0 Å². The molecule has 2 aliphatic rings. The molecule has 0 aromatic carbocycles.